The van der Waals surface area contributed by atoms with Crippen LogP contribution in [0, 0.1) is 48.3 Å². The van der Waals surface area contributed by atoms with E-state index >= 15 is 0 Å². The average molecular weight is 1260 g/mol. The average Bonchev–Trinajstić information content (AvgIpc) is 4.32. The summed E-state index contributed by atoms with van der Waals surface area (Å²) >= 11 is 3.06. The van der Waals surface area contributed by atoms with Crippen LogP contribution < -0.4 is 0 Å². The predicted molar refractivity (Wildman–Crippen MR) is 386 cm³/mol. The SMILES string of the molecule is C1=NC=[N+]=N1.CC.CC.CC.CC.CC.CC.CC.CC(C)C.CC(C)C.CC(C)C.CC(C)C.CC(C)C.CC(C)C.CC(C)C.Cc1noc(C(C)C)n1.c1ccoc1.c1cn[nH]n1.c1cnoc1.c1cnsc1.c1cocn1.c1cscn1. The van der Waals surface area contributed by atoms with E-state index in [2.05, 4.69) is 219 Å². The maximum Gasteiger partial charge on any atom is 0.412 e. The lowest BCUT2D eigenvalue weighted by Crippen LogP contribution is -1.85. The summed E-state index contributed by atoms with van der Waals surface area (Å²) in [6.45, 7) is 79.4. The molecule has 18 heteroatoms. The first kappa shape index (κ1) is 115. The molecule has 0 atom stereocenters. The molecule has 0 spiro atoms. The Hall–Kier alpha value is -5.71. The standard InChI is InChI=1S/C6H10N2O.C4H4O.7C4H10.2C3H3NO.2C3H3NS.C2H2N3.C2H3N3.7C2H6/c1-4(2)6-7-5(3)8-9-6;1-2-4-5-3-1;7*1-4(2)3;1-2-5-3-4-1;1-2-4-5-3-1;1-2-5-3-4-1;1-2-4-5-3-1;1-3-2-5-4-1;1-2-4-5-3-1;7*1-2/h4H,1-3H3;1-4H;7*4H,1-3H3;4*1-3H;1-2H;1-2H,(H,3,4,5);7*1-2H3/q;;;;;;;;;;;;;+1;;;;;;;;. The molecule has 7 aromatic heterocycles. The number of nitrogens with one attached hydrogen (secondary N) is 1. The normalized spacial score (nSPS) is 8.16. The number of hydrogen-bond donors (Lipinski definition) is 1. The smallest absolute Gasteiger partial charge is 0.412 e. The predicted octanol–water partition coefficient (Wildman–Crippen LogP) is 24.8. The topological polar surface area (TPSA) is 210 Å². The Morgan fingerprint density at radius 3 is 0.988 bits per heavy atom. The number of nitrogens with zero attached hydrogens (tertiary/aromatic N) is 11. The molecule has 0 radical (unpaired) electrons. The summed E-state index contributed by atoms with van der Waals surface area (Å²) in [6.07, 6.45) is 20.3. The Labute approximate surface area is 542 Å². The van der Waals surface area contributed by atoms with E-state index in [0.29, 0.717) is 17.6 Å². The van der Waals surface area contributed by atoms with Gasteiger partial charge in [0.2, 0.25) is 5.89 Å². The maximum absolute atomic E-state index is 4.86. The fraction of sp³-hybridized carbons (Fsp3) is 0.676. The molecule has 16 nitrogen and oxygen atoms in total. The van der Waals surface area contributed by atoms with Crippen LogP contribution >= 0.6 is 22.9 Å². The minimum absolute atomic E-state index is 0.339. The molecule has 1 N–H and O–H groups in total. The number of aryl methyl sites for hydroxylation is 1. The molecule has 0 aliphatic carbocycles. The minimum atomic E-state index is 0.339. The molecule has 0 saturated heterocycles. The Kier molecular flexibility index (Phi) is 167. The van der Waals surface area contributed by atoms with E-state index < -0.39 is 0 Å². The van der Waals surface area contributed by atoms with Crippen molar-refractivity contribution in [3.8, 4) is 0 Å². The summed E-state index contributed by atoms with van der Waals surface area (Å²) in [4.78, 5) is 18.2. The van der Waals surface area contributed by atoms with Gasteiger partial charge in [-0.2, -0.15) is 20.4 Å². The summed E-state index contributed by atoms with van der Waals surface area (Å²) in [6, 6.07) is 7.30. The monoisotopic (exact) mass is 1260 g/mol. The summed E-state index contributed by atoms with van der Waals surface area (Å²) < 4.78 is 22.0. The van der Waals surface area contributed by atoms with E-state index in [9.17, 15) is 0 Å². The fourth-order valence-electron chi connectivity index (χ4n) is 1.79. The molecule has 0 saturated carbocycles. The molecule has 8 rings (SSSR count). The van der Waals surface area contributed by atoms with Gasteiger partial charge in [0.15, 0.2) is 12.2 Å². The molecule has 0 unspecified atom stereocenters. The van der Waals surface area contributed by atoms with Crippen LogP contribution in [0.3, 0.4) is 0 Å². The highest BCUT2D eigenvalue weighted by atomic mass is 32.1. The number of thiazole rings is 1. The van der Waals surface area contributed by atoms with E-state index in [4.69, 9.17) is 4.52 Å². The van der Waals surface area contributed by atoms with Crippen LogP contribution in [0.2, 0.25) is 0 Å². The van der Waals surface area contributed by atoms with Crippen molar-refractivity contribution in [1.82, 2.24) is 45.0 Å². The second kappa shape index (κ2) is 125. The van der Waals surface area contributed by atoms with Crippen LogP contribution in [0.25, 0.3) is 0 Å². The molecular weight excluding hydrogens is 1110 g/mol. The fourth-order valence-corrected chi connectivity index (χ4v) is 2.50. The highest BCUT2D eigenvalue weighted by molar-refractivity contribution is 7.07. The van der Waals surface area contributed by atoms with Crippen LogP contribution in [-0.2, 0) is 0 Å². The van der Waals surface area contributed by atoms with Gasteiger partial charge in [0.25, 0.3) is 6.34 Å². The lowest BCUT2D eigenvalue weighted by molar-refractivity contribution is -0.0605. The second-order valence-electron chi connectivity index (χ2n) is 19.2. The van der Waals surface area contributed by atoms with E-state index in [-0.39, 0.29) is 0 Å². The lowest BCUT2D eigenvalue weighted by atomic mass is 10.2. The Morgan fingerprint density at radius 1 is 0.453 bits per heavy atom. The molecule has 1 aliphatic rings. The van der Waals surface area contributed by atoms with Gasteiger partial charge in [0.1, 0.15) is 12.5 Å². The highest BCUT2D eigenvalue weighted by Crippen LogP contribution is 2.09. The highest BCUT2D eigenvalue weighted by Gasteiger charge is 2.05. The number of aromatic amines is 1. The van der Waals surface area contributed by atoms with Gasteiger partial charge in [-0.05, 0) is 89.1 Å². The summed E-state index contributed by atoms with van der Waals surface area (Å²) in [5.41, 5.74) is 1.79. The number of furan rings is 1. The third-order valence-electron chi connectivity index (χ3n) is 3.49. The first-order chi connectivity index (χ1) is 40.8. The van der Waals surface area contributed by atoms with Crippen LogP contribution in [0.5, 0.6) is 0 Å². The van der Waals surface area contributed by atoms with Gasteiger partial charge in [-0.3, -0.25) is 4.98 Å². The van der Waals surface area contributed by atoms with Crippen LogP contribution in [0.15, 0.2) is 137 Å². The quantitative estimate of drug-likeness (QED) is 0.152. The van der Waals surface area contributed by atoms with Crippen molar-refractivity contribution in [3.05, 3.63) is 121 Å². The summed E-state index contributed by atoms with van der Waals surface area (Å²) in [5, 5.41) is 23.6. The van der Waals surface area contributed by atoms with E-state index in [1.54, 1.807) is 72.6 Å². The largest absolute Gasteiger partial charge is 0.473 e. The zero-order chi connectivity index (χ0) is 70.6. The van der Waals surface area contributed by atoms with Gasteiger partial charge in [-0.25, -0.2) is 9.36 Å². The Balaban J connectivity index is -0.0000000533. The van der Waals surface area contributed by atoms with Crippen molar-refractivity contribution in [3.63, 3.8) is 0 Å². The van der Waals surface area contributed by atoms with Gasteiger partial charge in [0.05, 0.1) is 47.9 Å². The number of H-pyrrole nitrogens is 1. The van der Waals surface area contributed by atoms with Crippen LogP contribution in [-0.4, -0.2) is 62.5 Å². The molecule has 8 heterocycles. The van der Waals surface area contributed by atoms with Crippen LogP contribution in [0.1, 0.15) is 274 Å². The Morgan fingerprint density at radius 2 is 0.884 bits per heavy atom. The van der Waals surface area contributed by atoms with Gasteiger partial charge >= 0.3 is 6.34 Å². The lowest BCUT2D eigenvalue weighted by Gasteiger charge is -1.91. The van der Waals surface area contributed by atoms with Crippen molar-refractivity contribution < 1.29 is 22.7 Å². The first-order valence-electron chi connectivity index (χ1n) is 31.5. The third kappa shape index (κ3) is 262. The number of hydrogen-bond acceptors (Lipinski definition) is 16. The maximum atomic E-state index is 4.86. The minimum Gasteiger partial charge on any atom is -0.473 e. The van der Waals surface area contributed by atoms with Crippen molar-refractivity contribution in [2.24, 2.45) is 51.5 Å². The molecule has 0 amide bonds. The Bertz CT molecular complexity index is 1440. The number of aromatic nitrogens is 9. The van der Waals surface area contributed by atoms with Crippen molar-refractivity contribution in [1.29, 1.82) is 0 Å². The van der Waals surface area contributed by atoms with Gasteiger partial charge < -0.3 is 17.9 Å². The molecule has 0 fully saturated rings. The number of aliphatic imine (C=N–C) groups is 1. The third-order valence-corrected chi connectivity index (χ3v) is 4.53. The molecule has 510 valence electrons. The molecular formula is C68H143N12O4S2+. The zero-order valence-corrected chi connectivity index (χ0v) is 64.7. The van der Waals surface area contributed by atoms with E-state index in [1.807, 2.05) is 147 Å². The van der Waals surface area contributed by atoms with Gasteiger partial charge in [-0.1, -0.05) is 271 Å². The van der Waals surface area contributed by atoms with Crippen molar-refractivity contribution in [2.45, 2.75) is 269 Å². The van der Waals surface area contributed by atoms with Crippen molar-refractivity contribution >= 4 is 35.5 Å². The van der Waals surface area contributed by atoms with E-state index in [1.165, 1.54) is 43.1 Å². The van der Waals surface area contributed by atoms with Gasteiger partial charge in [-0.15, -0.1) is 11.3 Å². The van der Waals surface area contributed by atoms with Gasteiger partial charge in [0, 0.05) is 29.1 Å². The molecule has 86 heavy (non-hydrogen) atoms. The molecule has 0 aromatic carbocycles. The van der Waals surface area contributed by atoms with Crippen molar-refractivity contribution in [2.75, 3.05) is 0 Å². The number of oxazole rings is 1. The molecule has 7 aromatic rings. The molecule has 1 aliphatic heterocycles. The second-order valence-corrected chi connectivity index (χ2v) is 20.7. The van der Waals surface area contributed by atoms with Crippen LogP contribution in [0.4, 0.5) is 0 Å². The molecule has 0 bridgehead atoms. The summed E-state index contributed by atoms with van der Waals surface area (Å²) in [5.74, 6) is 7.59. The first-order valence-corrected chi connectivity index (χ1v) is 33.2. The van der Waals surface area contributed by atoms with E-state index in [0.717, 1.165) is 41.4 Å². The zero-order valence-electron chi connectivity index (χ0n) is 63.0. The summed E-state index contributed by atoms with van der Waals surface area (Å²) in [7, 11) is 0. The number of rotatable bonds is 1.